The first-order valence-electron chi connectivity index (χ1n) is 11.4. The van der Waals surface area contributed by atoms with Crippen molar-refractivity contribution in [1.82, 2.24) is 21.3 Å². The number of primary amides is 1. The quantitative estimate of drug-likeness (QED) is 0.0617. The number of aliphatic hydroxyl groups is 1. The minimum Gasteiger partial charge on any atom is -0.481 e. The number of carbonyl (C=O) groups is 7. The number of aliphatic hydroxyl groups excluding tert-OH is 1. The highest BCUT2D eigenvalue weighted by Crippen LogP contribution is 2.04. The Morgan fingerprint density at radius 3 is 2.00 bits per heavy atom. The molecule has 0 aliphatic rings. The number of aliphatic carboxylic acids is 1. The highest BCUT2D eigenvalue weighted by atomic mass is 16.4. The number of amides is 5. The molecule has 0 unspecified atom stereocenters. The molecule has 0 rings (SSSR count). The molecule has 0 aromatic rings. The molecule has 0 saturated heterocycles. The SMILES string of the molecule is C[C@H](N)C(=O)N[C@@H](CO)C(=O)N[C@@H](CCCCNC(=O)CCC(=O)O)C(=O)N[C@H](C=O)CCC(N)=O. The summed E-state index contributed by atoms with van der Waals surface area (Å²) in [4.78, 5) is 81.4. The van der Waals surface area contributed by atoms with E-state index < -0.39 is 66.3 Å². The van der Waals surface area contributed by atoms with Crippen LogP contribution in [0.4, 0.5) is 0 Å². The Morgan fingerprint density at radius 1 is 0.861 bits per heavy atom. The lowest BCUT2D eigenvalue weighted by Crippen LogP contribution is -2.57. The van der Waals surface area contributed by atoms with E-state index in [0.29, 0.717) is 19.1 Å². The van der Waals surface area contributed by atoms with E-state index in [2.05, 4.69) is 21.3 Å². The molecule has 0 radical (unpaired) electrons. The number of hydrogen-bond donors (Lipinski definition) is 8. The molecule has 0 bridgehead atoms. The maximum Gasteiger partial charge on any atom is 0.303 e. The zero-order valence-corrected chi connectivity index (χ0v) is 20.2. The molecule has 0 spiro atoms. The van der Waals surface area contributed by atoms with Crippen LogP contribution < -0.4 is 32.7 Å². The minimum absolute atomic E-state index is 0.0443. The van der Waals surface area contributed by atoms with E-state index in [1.54, 1.807) is 0 Å². The van der Waals surface area contributed by atoms with Crippen molar-refractivity contribution in [3.63, 3.8) is 0 Å². The van der Waals surface area contributed by atoms with Crippen molar-refractivity contribution in [2.45, 2.75) is 76.0 Å². The molecule has 204 valence electrons. The number of carboxylic acid groups (broad SMARTS) is 1. The van der Waals surface area contributed by atoms with Crippen LogP contribution in [0.5, 0.6) is 0 Å². The summed E-state index contributed by atoms with van der Waals surface area (Å²) in [5, 5.41) is 27.7. The number of aldehydes is 1. The topological polar surface area (TPSA) is 260 Å². The van der Waals surface area contributed by atoms with Gasteiger partial charge >= 0.3 is 5.97 Å². The van der Waals surface area contributed by atoms with Gasteiger partial charge in [0.15, 0.2) is 0 Å². The lowest BCUT2D eigenvalue weighted by atomic mass is 10.1. The highest BCUT2D eigenvalue weighted by molar-refractivity contribution is 5.93. The van der Waals surface area contributed by atoms with Crippen LogP contribution in [-0.2, 0) is 33.6 Å². The zero-order chi connectivity index (χ0) is 27.7. The third-order valence-corrected chi connectivity index (χ3v) is 4.86. The molecule has 15 heteroatoms. The predicted molar refractivity (Wildman–Crippen MR) is 125 cm³/mol. The van der Waals surface area contributed by atoms with E-state index in [-0.39, 0.29) is 38.6 Å². The summed E-state index contributed by atoms with van der Waals surface area (Å²) in [6, 6.07) is -4.55. The number of carboxylic acids is 1. The van der Waals surface area contributed by atoms with Gasteiger partial charge < -0.3 is 47.7 Å². The zero-order valence-electron chi connectivity index (χ0n) is 20.2. The Balaban J connectivity index is 5.12. The summed E-state index contributed by atoms with van der Waals surface area (Å²) in [5.41, 5.74) is 10.5. The first-order valence-corrected chi connectivity index (χ1v) is 11.4. The smallest absolute Gasteiger partial charge is 0.303 e. The molecule has 15 nitrogen and oxygen atoms in total. The average Bonchev–Trinajstić information content (AvgIpc) is 2.81. The van der Waals surface area contributed by atoms with Crippen LogP contribution in [0.2, 0.25) is 0 Å². The standard InChI is InChI=1S/C21H36N6O9/c1-12(22)19(34)27-15(11-29)21(36)26-14(20(35)25-13(10-28)5-6-16(23)30)4-2-3-9-24-17(31)7-8-18(32)33/h10,12-15,29H,2-9,11,22H2,1H3,(H2,23,30)(H,24,31)(H,25,35)(H,26,36)(H,27,34)(H,32,33)/t12-,13-,14-,15-/m0/s1. The highest BCUT2D eigenvalue weighted by Gasteiger charge is 2.28. The lowest BCUT2D eigenvalue weighted by molar-refractivity contribution is -0.138. The summed E-state index contributed by atoms with van der Waals surface area (Å²) < 4.78 is 0. The lowest BCUT2D eigenvalue weighted by Gasteiger charge is -2.24. The van der Waals surface area contributed by atoms with Gasteiger partial charge in [0.05, 0.1) is 25.1 Å². The number of nitrogens with two attached hydrogens (primary N) is 2. The van der Waals surface area contributed by atoms with Crippen LogP contribution in [0.1, 0.15) is 51.9 Å². The third-order valence-electron chi connectivity index (χ3n) is 4.86. The van der Waals surface area contributed by atoms with Gasteiger partial charge in [0, 0.05) is 19.4 Å². The van der Waals surface area contributed by atoms with Crippen LogP contribution in [0.25, 0.3) is 0 Å². The Labute approximate surface area is 208 Å². The van der Waals surface area contributed by atoms with Crippen LogP contribution in [0.15, 0.2) is 0 Å². The molecule has 0 aromatic heterocycles. The molecular weight excluding hydrogens is 480 g/mol. The van der Waals surface area contributed by atoms with Crippen molar-refractivity contribution in [1.29, 1.82) is 0 Å². The van der Waals surface area contributed by atoms with Gasteiger partial charge in [-0.05, 0) is 32.6 Å². The third kappa shape index (κ3) is 14.6. The van der Waals surface area contributed by atoms with Crippen molar-refractivity contribution in [3.8, 4) is 0 Å². The fourth-order valence-corrected chi connectivity index (χ4v) is 2.80. The maximum absolute atomic E-state index is 12.8. The van der Waals surface area contributed by atoms with Crippen molar-refractivity contribution in [3.05, 3.63) is 0 Å². The Morgan fingerprint density at radius 2 is 1.47 bits per heavy atom. The second-order valence-corrected chi connectivity index (χ2v) is 8.09. The molecule has 0 heterocycles. The van der Waals surface area contributed by atoms with Gasteiger partial charge in [0.2, 0.25) is 29.5 Å². The summed E-state index contributed by atoms with van der Waals surface area (Å²) in [6.45, 7) is 0.806. The minimum atomic E-state index is -1.39. The van der Waals surface area contributed by atoms with E-state index in [0.717, 1.165) is 0 Å². The summed E-state index contributed by atoms with van der Waals surface area (Å²) >= 11 is 0. The number of carbonyl (C=O) groups excluding carboxylic acids is 6. The van der Waals surface area contributed by atoms with Crippen molar-refractivity contribution < 1.29 is 43.8 Å². The molecule has 4 atom stereocenters. The normalized spacial score (nSPS) is 13.9. The van der Waals surface area contributed by atoms with Crippen LogP contribution >= 0.6 is 0 Å². The first-order chi connectivity index (χ1) is 16.9. The van der Waals surface area contributed by atoms with E-state index >= 15 is 0 Å². The Hall–Kier alpha value is -3.59. The Bertz CT molecular complexity index is 790. The molecule has 10 N–H and O–H groups in total. The first kappa shape index (κ1) is 32.4. The van der Waals surface area contributed by atoms with E-state index in [4.69, 9.17) is 16.6 Å². The molecule has 0 fully saturated rings. The van der Waals surface area contributed by atoms with Gasteiger partial charge in [-0.15, -0.1) is 0 Å². The van der Waals surface area contributed by atoms with Gasteiger partial charge in [-0.3, -0.25) is 28.8 Å². The number of hydrogen-bond acceptors (Lipinski definition) is 9. The second kappa shape index (κ2) is 17.8. The van der Waals surface area contributed by atoms with E-state index in [1.807, 2.05) is 0 Å². The fourth-order valence-electron chi connectivity index (χ4n) is 2.80. The summed E-state index contributed by atoms with van der Waals surface area (Å²) in [6.07, 6.45) is 0.497. The van der Waals surface area contributed by atoms with Gasteiger partial charge in [0.1, 0.15) is 18.4 Å². The monoisotopic (exact) mass is 516 g/mol. The molecule has 36 heavy (non-hydrogen) atoms. The second-order valence-electron chi connectivity index (χ2n) is 8.09. The van der Waals surface area contributed by atoms with Gasteiger partial charge in [-0.1, -0.05) is 0 Å². The predicted octanol–water partition coefficient (Wildman–Crippen LogP) is -3.60. The average molecular weight is 517 g/mol. The van der Waals surface area contributed by atoms with Crippen LogP contribution in [-0.4, -0.2) is 89.3 Å². The van der Waals surface area contributed by atoms with E-state index in [1.165, 1.54) is 6.92 Å². The molecular formula is C21H36N6O9. The van der Waals surface area contributed by atoms with Gasteiger partial charge in [0.25, 0.3) is 0 Å². The number of nitrogens with one attached hydrogen (secondary N) is 4. The van der Waals surface area contributed by atoms with E-state index in [9.17, 15) is 38.7 Å². The summed E-state index contributed by atoms with van der Waals surface area (Å²) in [7, 11) is 0. The Kier molecular flexibility index (Phi) is 16.0. The maximum atomic E-state index is 12.8. The molecule has 0 aliphatic heterocycles. The summed E-state index contributed by atoms with van der Waals surface area (Å²) in [5.74, 6) is -4.52. The van der Waals surface area contributed by atoms with Gasteiger partial charge in [-0.25, -0.2) is 0 Å². The molecule has 0 aliphatic carbocycles. The van der Waals surface area contributed by atoms with Crippen molar-refractivity contribution in [2.24, 2.45) is 11.5 Å². The number of rotatable bonds is 19. The van der Waals surface area contributed by atoms with Crippen LogP contribution in [0, 0.1) is 0 Å². The largest absolute Gasteiger partial charge is 0.481 e. The van der Waals surface area contributed by atoms with Gasteiger partial charge in [-0.2, -0.15) is 0 Å². The molecule has 5 amide bonds. The van der Waals surface area contributed by atoms with Crippen molar-refractivity contribution in [2.75, 3.05) is 13.2 Å². The molecule has 0 aromatic carbocycles. The number of unbranched alkanes of at least 4 members (excludes halogenated alkanes) is 1. The van der Waals surface area contributed by atoms with Crippen molar-refractivity contribution >= 4 is 41.8 Å². The molecule has 0 saturated carbocycles. The van der Waals surface area contributed by atoms with Crippen LogP contribution in [0.3, 0.4) is 0 Å². The fraction of sp³-hybridized carbons (Fsp3) is 0.667.